The van der Waals surface area contributed by atoms with E-state index in [1.807, 2.05) is 36.7 Å². The molecule has 0 bridgehead atoms. The van der Waals surface area contributed by atoms with E-state index in [0.717, 1.165) is 22.4 Å². The summed E-state index contributed by atoms with van der Waals surface area (Å²) in [6.07, 6.45) is 1.64. The van der Waals surface area contributed by atoms with Crippen LogP contribution in [0.25, 0.3) is 17.1 Å². The van der Waals surface area contributed by atoms with E-state index in [2.05, 4.69) is 4.98 Å². The number of hydrogen-bond acceptors (Lipinski definition) is 2. The van der Waals surface area contributed by atoms with Crippen molar-refractivity contribution >= 4 is 23.1 Å². The van der Waals surface area contributed by atoms with Crippen molar-refractivity contribution in [2.75, 3.05) is 0 Å². The molecule has 0 aliphatic rings. The number of fused-ring (bicyclic) bond motifs is 1. The molecule has 0 fully saturated rings. The molecule has 1 heterocycles. The summed E-state index contributed by atoms with van der Waals surface area (Å²) >= 11 is 0. The zero-order valence-corrected chi connectivity index (χ0v) is 10.1. The van der Waals surface area contributed by atoms with Gasteiger partial charge in [0.2, 0.25) is 0 Å². The van der Waals surface area contributed by atoms with E-state index in [1.54, 1.807) is 13.0 Å². The number of aromatic nitrogens is 2. The van der Waals surface area contributed by atoms with E-state index in [-0.39, 0.29) is 0 Å². The Morgan fingerprint density at radius 3 is 2.82 bits per heavy atom. The molecule has 0 spiro atoms. The highest BCUT2D eigenvalue weighted by Gasteiger charge is 2.05. The van der Waals surface area contributed by atoms with Gasteiger partial charge in [-0.2, -0.15) is 0 Å². The van der Waals surface area contributed by atoms with Gasteiger partial charge in [-0.15, -0.1) is 0 Å². The predicted molar refractivity (Wildman–Crippen MR) is 66.7 cm³/mol. The molecular weight excluding hydrogens is 216 g/mol. The number of hydrogen-bond donors (Lipinski definition) is 1. The van der Waals surface area contributed by atoms with Crippen molar-refractivity contribution in [1.29, 1.82) is 0 Å². The normalized spacial score (nSPS) is 12.1. The van der Waals surface area contributed by atoms with Crippen LogP contribution in [-0.2, 0) is 11.8 Å². The number of nitrogens with zero attached hydrogens (tertiary/aromatic N) is 2. The van der Waals surface area contributed by atoms with Gasteiger partial charge in [0.1, 0.15) is 5.82 Å². The maximum absolute atomic E-state index is 10.7. The fourth-order valence-electron chi connectivity index (χ4n) is 1.74. The Labute approximate surface area is 99.2 Å². The van der Waals surface area contributed by atoms with Crippen LogP contribution in [0.3, 0.4) is 0 Å². The quantitative estimate of drug-likeness (QED) is 0.806. The van der Waals surface area contributed by atoms with E-state index < -0.39 is 5.97 Å². The Morgan fingerprint density at radius 2 is 2.18 bits per heavy atom. The molecule has 1 aromatic carbocycles. The van der Waals surface area contributed by atoms with Gasteiger partial charge in [-0.1, -0.05) is 6.07 Å². The zero-order valence-electron chi connectivity index (χ0n) is 10.1. The first-order valence-electron chi connectivity index (χ1n) is 5.33. The molecule has 0 saturated heterocycles. The Morgan fingerprint density at radius 1 is 1.47 bits per heavy atom. The van der Waals surface area contributed by atoms with Crippen molar-refractivity contribution in [2.24, 2.45) is 7.05 Å². The molecule has 4 heteroatoms. The Bertz CT molecular complexity index is 624. The molecule has 0 aliphatic carbocycles. The first-order chi connectivity index (χ1) is 7.99. The van der Waals surface area contributed by atoms with E-state index >= 15 is 0 Å². The van der Waals surface area contributed by atoms with Gasteiger partial charge >= 0.3 is 5.97 Å². The topological polar surface area (TPSA) is 55.1 Å². The van der Waals surface area contributed by atoms with Crippen molar-refractivity contribution < 1.29 is 9.90 Å². The number of imidazole rings is 1. The summed E-state index contributed by atoms with van der Waals surface area (Å²) in [5.74, 6) is 0.0402. The molecule has 88 valence electrons. The lowest BCUT2D eigenvalue weighted by molar-refractivity contribution is -0.132. The second-order valence-corrected chi connectivity index (χ2v) is 4.10. The summed E-state index contributed by atoms with van der Waals surface area (Å²) in [5.41, 5.74) is 3.11. The molecule has 0 amide bonds. The fourth-order valence-corrected chi connectivity index (χ4v) is 1.74. The lowest BCUT2D eigenvalue weighted by Crippen LogP contribution is -1.95. The standard InChI is InChI=1S/C13H14N2O2/c1-8(13(16)17)6-10-4-5-12-11(7-10)14-9(2)15(12)3/h4-7H,1-3H3,(H,16,17)/b8-6+. The highest BCUT2D eigenvalue weighted by atomic mass is 16.4. The second-order valence-electron chi connectivity index (χ2n) is 4.10. The molecule has 0 aliphatic heterocycles. The molecule has 1 N–H and O–H groups in total. The van der Waals surface area contributed by atoms with Gasteiger partial charge in [0.15, 0.2) is 0 Å². The number of carboxylic acids is 1. The van der Waals surface area contributed by atoms with Crippen LogP contribution in [0.1, 0.15) is 18.3 Å². The molecule has 0 atom stereocenters. The van der Waals surface area contributed by atoms with Crippen molar-refractivity contribution in [3.05, 3.63) is 35.2 Å². The second kappa shape index (κ2) is 4.05. The van der Waals surface area contributed by atoms with Gasteiger partial charge in [-0.25, -0.2) is 9.78 Å². The summed E-state index contributed by atoms with van der Waals surface area (Å²) in [4.78, 5) is 15.1. The molecule has 1 aromatic heterocycles. The van der Waals surface area contributed by atoms with Crippen molar-refractivity contribution in [3.8, 4) is 0 Å². The maximum atomic E-state index is 10.7. The SMILES string of the molecule is C/C(=C\c1ccc2c(c1)nc(C)n2C)C(=O)O. The Kier molecular flexibility index (Phi) is 2.71. The molecule has 0 saturated carbocycles. The smallest absolute Gasteiger partial charge is 0.331 e. The van der Waals surface area contributed by atoms with E-state index in [1.165, 1.54) is 0 Å². The first kappa shape index (κ1) is 11.4. The third-order valence-electron chi connectivity index (χ3n) is 2.85. The van der Waals surface area contributed by atoms with E-state index in [0.29, 0.717) is 5.57 Å². The number of aryl methyl sites for hydroxylation is 2. The third-order valence-corrected chi connectivity index (χ3v) is 2.85. The summed E-state index contributed by atoms with van der Waals surface area (Å²) in [6.45, 7) is 3.52. The summed E-state index contributed by atoms with van der Waals surface area (Å²) in [5, 5.41) is 8.82. The molecule has 0 unspecified atom stereocenters. The van der Waals surface area contributed by atoms with Gasteiger partial charge in [-0.3, -0.25) is 0 Å². The first-order valence-corrected chi connectivity index (χ1v) is 5.33. The Balaban J connectivity index is 2.52. The number of aliphatic carboxylic acids is 1. The maximum Gasteiger partial charge on any atom is 0.331 e. The zero-order chi connectivity index (χ0) is 12.6. The van der Waals surface area contributed by atoms with Crippen LogP contribution in [0.15, 0.2) is 23.8 Å². The van der Waals surface area contributed by atoms with Crippen LogP contribution < -0.4 is 0 Å². The van der Waals surface area contributed by atoms with Gasteiger partial charge in [0.05, 0.1) is 11.0 Å². The van der Waals surface area contributed by atoms with Crippen molar-refractivity contribution in [2.45, 2.75) is 13.8 Å². The highest BCUT2D eigenvalue weighted by Crippen LogP contribution is 2.18. The minimum absolute atomic E-state index is 0.317. The van der Waals surface area contributed by atoms with E-state index in [9.17, 15) is 4.79 Å². The van der Waals surface area contributed by atoms with Crippen LogP contribution in [0.4, 0.5) is 0 Å². The van der Waals surface area contributed by atoms with Crippen LogP contribution in [-0.4, -0.2) is 20.6 Å². The van der Waals surface area contributed by atoms with Crippen LogP contribution in [0.5, 0.6) is 0 Å². The van der Waals surface area contributed by atoms with Gasteiger partial charge < -0.3 is 9.67 Å². The minimum atomic E-state index is -0.901. The largest absolute Gasteiger partial charge is 0.478 e. The van der Waals surface area contributed by atoms with Crippen LogP contribution in [0.2, 0.25) is 0 Å². The minimum Gasteiger partial charge on any atom is -0.478 e. The van der Waals surface area contributed by atoms with Gasteiger partial charge in [-0.05, 0) is 37.6 Å². The lowest BCUT2D eigenvalue weighted by atomic mass is 10.1. The average molecular weight is 230 g/mol. The average Bonchev–Trinajstić information content (AvgIpc) is 2.54. The van der Waals surface area contributed by atoms with Crippen molar-refractivity contribution in [1.82, 2.24) is 9.55 Å². The fraction of sp³-hybridized carbons (Fsp3) is 0.231. The van der Waals surface area contributed by atoms with Gasteiger partial charge in [0.25, 0.3) is 0 Å². The summed E-state index contributed by atoms with van der Waals surface area (Å²) in [7, 11) is 1.96. The number of rotatable bonds is 2. The monoisotopic (exact) mass is 230 g/mol. The predicted octanol–water partition coefficient (Wildman–Crippen LogP) is 2.37. The van der Waals surface area contributed by atoms with E-state index in [4.69, 9.17) is 5.11 Å². The molecule has 4 nitrogen and oxygen atoms in total. The molecule has 2 rings (SSSR count). The molecule has 2 aromatic rings. The summed E-state index contributed by atoms with van der Waals surface area (Å²) < 4.78 is 2.01. The Hall–Kier alpha value is -2.10. The molecular formula is C13H14N2O2. The number of benzene rings is 1. The lowest BCUT2D eigenvalue weighted by Gasteiger charge is -1.98. The molecule has 0 radical (unpaired) electrons. The molecule has 17 heavy (non-hydrogen) atoms. The highest BCUT2D eigenvalue weighted by molar-refractivity contribution is 5.92. The summed E-state index contributed by atoms with van der Waals surface area (Å²) in [6, 6.07) is 5.75. The number of carboxylic acid groups (broad SMARTS) is 1. The van der Waals surface area contributed by atoms with Crippen molar-refractivity contribution in [3.63, 3.8) is 0 Å². The van der Waals surface area contributed by atoms with Crippen LogP contribution >= 0.6 is 0 Å². The number of carbonyl (C=O) groups is 1. The van der Waals surface area contributed by atoms with Crippen LogP contribution in [0, 0.1) is 6.92 Å². The van der Waals surface area contributed by atoms with Gasteiger partial charge in [0, 0.05) is 12.6 Å². The third kappa shape index (κ3) is 2.06.